The van der Waals surface area contributed by atoms with Crippen LogP contribution < -0.4 is 10.6 Å². The van der Waals surface area contributed by atoms with Crippen molar-refractivity contribution in [3.05, 3.63) is 0 Å². The molecule has 62 valence electrons. The zero-order chi connectivity index (χ0) is 7.90. The molecule has 2 unspecified atom stereocenters. The monoisotopic (exact) mass is 156 g/mol. The molecule has 3 N–H and O–H groups in total. The van der Waals surface area contributed by atoms with Crippen molar-refractivity contribution in [1.29, 1.82) is 0 Å². The fraction of sp³-hybridized carbons (Fsp3) is 0.857. The second-order valence-electron chi connectivity index (χ2n) is 3.50. The maximum atomic E-state index is 10.3. The van der Waals surface area contributed by atoms with E-state index < -0.39 is 6.09 Å². The maximum absolute atomic E-state index is 10.3. The van der Waals surface area contributed by atoms with Crippen LogP contribution in [0.5, 0.6) is 0 Å². The van der Waals surface area contributed by atoms with E-state index in [1.165, 1.54) is 0 Å². The first kappa shape index (κ1) is 6.91. The highest BCUT2D eigenvalue weighted by molar-refractivity contribution is 5.65. The van der Waals surface area contributed by atoms with Gasteiger partial charge in [-0.15, -0.1) is 0 Å². The van der Waals surface area contributed by atoms with Crippen molar-refractivity contribution in [3.63, 3.8) is 0 Å². The molecular weight excluding hydrogens is 144 g/mol. The van der Waals surface area contributed by atoms with E-state index in [1.807, 2.05) is 0 Å². The molecule has 2 atom stereocenters. The summed E-state index contributed by atoms with van der Waals surface area (Å²) in [5, 5.41) is 14.2. The number of hydrogen-bond donors (Lipinski definition) is 3. The quantitative estimate of drug-likeness (QED) is 0.501. The van der Waals surface area contributed by atoms with E-state index in [1.54, 1.807) is 0 Å². The number of carboxylic acid groups (broad SMARTS) is 1. The molecule has 4 heteroatoms. The van der Waals surface area contributed by atoms with Crippen LogP contribution in [0.2, 0.25) is 0 Å². The Morgan fingerprint density at radius 3 is 3.09 bits per heavy atom. The van der Waals surface area contributed by atoms with Crippen molar-refractivity contribution in [2.24, 2.45) is 5.41 Å². The average Bonchev–Trinajstić information content (AvgIpc) is 2.43. The molecule has 1 saturated heterocycles. The normalized spacial score (nSPS) is 40.9. The van der Waals surface area contributed by atoms with Crippen LogP contribution in [0.3, 0.4) is 0 Å². The third-order valence-corrected chi connectivity index (χ3v) is 2.76. The number of rotatable bonds is 1. The summed E-state index contributed by atoms with van der Waals surface area (Å²) >= 11 is 0. The van der Waals surface area contributed by atoms with Crippen molar-refractivity contribution < 1.29 is 9.90 Å². The van der Waals surface area contributed by atoms with Gasteiger partial charge in [-0.2, -0.15) is 0 Å². The summed E-state index contributed by atoms with van der Waals surface area (Å²) in [6, 6.07) is 0.218. The van der Waals surface area contributed by atoms with Crippen LogP contribution in [0.25, 0.3) is 0 Å². The fourth-order valence-corrected chi connectivity index (χ4v) is 1.94. The molecule has 0 radical (unpaired) electrons. The highest BCUT2D eigenvalue weighted by atomic mass is 16.4. The molecule has 1 heterocycles. The molecule has 1 aliphatic carbocycles. The van der Waals surface area contributed by atoms with Crippen molar-refractivity contribution in [3.8, 4) is 0 Å². The number of carbonyl (C=O) groups is 1. The Morgan fingerprint density at radius 1 is 1.73 bits per heavy atom. The predicted molar refractivity (Wildman–Crippen MR) is 39.5 cm³/mol. The molecule has 0 aromatic carbocycles. The molecule has 1 spiro atoms. The minimum atomic E-state index is -0.890. The van der Waals surface area contributed by atoms with Crippen molar-refractivity contribution in [1.82, 2.24) is 10.6 Å². The van der Waals surface area contributed by atoms with E-state index in [0.29, 0.717) is 5.41 Å². The van der Waals surface area contributed by atoms with Crippen molar-refractivity contribution >= 4 is 6.09 Å². The van der Waals surface area contributed by atoms with Gasteiger partial charge in [-0.25, -0.2) is 4.79 Å². The fourth-order valence-electron chi connectivity index (χ4n) is 1.94. The van der Waals surface area contributed by atoms with Crippen LogP contribution in [-0.4, -0.2) is 30.3 Å². The molecule has 4 nitrogen and oxygen atoms in total. The lowest BCUT2D eigenvalue weighted by Gasteiger charge is -2.05. The van der Waals surface area contributed by atoms with Crippen LogP contribution in [0.15, 0.2) is 0 Å². The molecule has 2 fully saturated rings. The second-order valence-corrected chi connectivity index (χ2v) is 3.50. The molecule has 2 aliphatic rings. The molecule has 0 bridgehead atoms. The Labute approximate surface area is 65.0 Å². The van der Waals surface area contributed by atoms with Gasteiger partial charge in [-0.1, -0.05) is 0 Å². The first-order chi connectivity index (χ1) is 5.23. The maximum Gasteiger partial charge on any atom is 0.404 e. The predicted octanol–water partition coefficient (Wildman–Crippen LogP) is 0.00600. The van der Waals surface area contributed by atoms with Crippen molar-refractivity contribution in [2.45, 2.75) is 18.9 Å². The summed E-state index contributed by atoms with van der Waals surface area (Å²) in [6.07, 6.45) is 1.25. The van der Waals surface area contributed by atoms with Gasteiger partial charge in [0.1, 0.15) is 0 Å². The van der Waals surface area contributed by atoms with E-state index in [0.717, 1.165) is 25.9 Å². The average molecular weight is 156 g/mol. The summed E-state index contributed by atoms with van der Waals surface area (Å²) in [4.78, 5) is 10.3. The van der Waals surface area contributed by atoms with Crippen LogP contribution >= 0.6 is 0 Å². The number of amides is 1. The Hall–Kier alpha value is -0.770. The number of hydrogen-bond acceptors (Lipinski definition) is 2. The van der Waals surface area contributed by atoms with Crippen LogP contribution in [0.4, 0.5) is 4.79 Å². The Morgan fingerprint density at radius 2 is 2.55 bits per heavy atom. The van der Waals surface area contributed by atoms with Gasteiger partial charge in [0.05, 0.1) is 0 Å². The minimum Gasteiger partial charge on any atom is -0.465 e. The van der Waals surface area contributed by atoms with Gasteiger partial charge in [0.25, 0.3) is 0 Å². The standard InChI is InChI=1S/C7H12N2O2/c10-6(11)9-5-3-7(5)1-2-8-4-7/h5,8-9H,1-4H2,(H,10,11). The zero-order valence-electron chi connectivity index (χ0n) is 6.26. The molecule has 2 rings (SSSR count). The topological polar surface area (TPSA) is 61.4 Å². The van der Waals surface area contributed by atoms with Crippen LogP contribution in [0.1, 0.15) is 12.8 Å². The summed E-state index contributed by atoms with van der Waals surface area (Å²) < 4.78 is 0. The SMILES string of the molecule is O=C(O)NC1CC12CCNC2. The zero-order valence-corrected chi connectivity index (χ0v) is 6.26. The lowest BCUT2D eigenvalue weighted by Crippen LogP contribution is -2.28. The van der Waals surface area contributed by atoms with E-state index in [2.05, 4.69) is 10.6 Å². The minimum absolute atomic E-state index is 0.218. The summed E-state index contributed by atoms with van der Waals surface area (Å²) in [6.45, 7) is 2.02. The van der Waals surface area contributed by atoms with Crippen molar-refractivity contribution in [2.75, 3.05) is 13.1 Å². The van der Waals surface area contributed by atoms with E-state index in [4.69, 9.17) is 5.11 Å². The lowest BCUT2D eigenvalue weighted by atomic mass is 10.1. The third-order valence-electron chi connectivity index (χ3n) is 2.76. The van der Waals surface area contributed by atoms with Gasteiger partial charge in [-0.05, 0) is 19.4 Å². The van der Waals surface area contributed by atoms with Gasteiger partial charge in [0.15, 0.2) is 0 Å². The van der Waals surface area contributed by atoms with Gasteiger partial charge in [-0.3, -0.25) is 0 Å². The van der Waals surface area contributed by atoms with E-state index in [9.17, 15) is 4.79 Å². The summed E-state index contributed by atoms with van der Waals surface area (Å²) in [7, 11) is 0. The molecule has 1 saturated carbocycles. The molecule has 1 aliphatic heterocycles. The van der Waals surface area contributed by atoms with Gasteiger partial charge < -0.3 is 15.7 Å². The Kier molecular flexibility index (Phi) is 1.32. The van der Waals surface area contributed by atoms with Gasteiger partial charge in [0, 0.05) is 18.0 Å². The van der Waals surface area contributed by atoms with Gasteiger partial charge >= 0.3 is 6.09 Å². The highest BCUT2D eigenvalue weighted by Gasteiger charge is 2.56. The third kappa shape index (κ3) is 1.07. The first-order valence-electron chi connectivity index (χ1n) is 3.93. The lowest BCUT2D eigenvalue weighted by molar-refractivity contribution is 0.192. The molecule has 11 heavy (non-hydrogen) atoms. The highest BCUT2D eigenvalue weighted by Crippen LogP contribution is 2.50. The first-order valence-corrected chi connectivity index (χ1v) is 3.93. The van der Waals surface area contributed by atoms with Crippen LogP contribution in [0, 0.1) is 5.41 Å². The largest absolute Gasteiger partial charge is 0.465 e. The number of nitrogens with one attached hydrogen (secondary N) is 2. The van der Waals surface area contributed by atoms with E-state index in [-0.39, 0.29) is 6.04 Å². The Bertz CT molecular complexity index is 187. The Balaban J connectivity index is 1.88. The van der Waals surface area contributed by atoms with Gasteiger partial charge in [0.2, 0.25) is 0 Å². The molecular formula is C7H12N2O2. The molecule has 1 amide bonds. The summed E-state index contributed by atoms with van der Waals surface area (Å²) in [5.41, 5.74) is 0.290. The molecule has 0 aromatic heterocycles. The second kappa shape index (κ2) is 2.11. The van der Waals surface area contributed by atoms with E-state index >= 15 is 0 Å². The summed E-state index contributed by atoms with van der Waals surface area (Å²) in [5.74, 6) is 0. The van der Waals surface area contributed by atoms with Crippen LogP contribution in [-0.2, 0) is 0 Å². The smallest absolute Gasteiger partial charge is 0.404 e. The molecule has 0 aromatic rings.